The molecule has 0 aliphatic carbocycles. The summed E-state index contributed by atoms with van der Waals surface area (Å²) in [6.45, 7) is 1.67. The molecule has 2 radical (unpaired) electrons. The largest absolute Gasteiger partial charge is 0.497 e. The number of hydrogen-bond acceptors (Lipinski definition) is 2. The van der Waals surface area contributed by atoms with Crippen LogP contribution in [0.15, 0.2) is 18.2 Å². The Labute approximate surface area is 73.6 Å². The van der Waals surface area contributed by atoms with Crippen LogP contribution in [0.25, 0.3) is 0 Å². The van der Waals surface area contributed by atoms with Gasteiger partial charge in [-0.15, -0.1) is 0 Å². The number of rotatable bonds is 2. The van der Waals surface area contributed by atoms with E-state index in [9.17, 15) is 5.11 Å². The molecule has 1 aromatic carbocycles. The van der Waals surface area contributed by atoms with Crippen LogP contribution < -0.4 is 10.2 Å². The van der Waals surface area contributed by atoms with Gasteiger partial charge in [0.05, 0.1) is 13.2 Å². The van der Waals surface area contributed by atoms with E-state index in [1.165, 1.54) is 0 Å². The van der Waals surface area contributed by atoms with Gasteiger partial charge in [0.15, 0.2) is 0 Å². The maximum atomic E-state index is 9.29. The SMILES string of the molecule is [B]c1ccc(OC)cc1C(C)O. The molecule has 0 saturated heterocycles. The van der Waals surface area contributed by atoms with Gasteiger partial charge < -0.3 is 9.84 Å². The molecule has 1 unspecified atom stereocenters. The van der Waals surface area contributed by atoms with Gasteiger partial charge in [-0.2, -0.15) is 0 Å². The Bertz CT molecular complexity index is 271. The molecule has 0 heterocycles. The average molecular weight is 162 g/mol. The lowest BCUT2D eigenvalue weighted by Crippen LogP contribution is -2.12. The van der Waals surface area contributed by atoms with Crippen LogP contribution >= 0.6 is 0 Å². The fourth-order valence-electron chi connectivity index (χ4n) is 1.04. The summed E-state index contributed by atoms with van der Waals surface area (Å²) in [4.78, 5) is 0. The lowest BCUT2D eigenvalue weighted by molar-refractivity contribution is 0.200. The van der Waals surface area contributed by atoms with Gasteiger partial charge in [-0.3, -0.25) is 0 Å². The maximum absolute atomic E-state index is 9.29. The number of ether oxygens (including phenoxy) is 1. The van der Waals surface area contributed by atoms with Gasteiger partial charge in [-0.1, -0.05) is 11.5 Å². The molecule has 1 N–H and O–H groups in total. The summed E-state index contributed by atoms with van der Waals surface area (Å²) >= 11 is 0. The summed E-state index contributed by atoms with van der Waals surface area (Å²) in [7, 11) is 7.21. The van der Waals surface area contributed by atoms with Crippen molar-refractivity contribution in [3.8, 4) is 5.75 Å². The summed E-state index contributed by atoms with van der Waals surface area (Å²) in [5.41, 5.74) is 1.29. The molecule has 0 aromatic heterocycles. The van der Waals surface area contributed by atoms with Crippen LogP contribution in [0.5, 0.6) is 5.75 Å². The first-order valence-corrected chi connectivity index (χ1v) is 3.76. The molecule has 62 valence electrons. The molecular formula is C9H11BO2. The van der Waals surface area contributed by atoms with Crippen LogP contribution in [-0.4, -0.2) is 20.1 Å². The van der Waals surface area contributed by atoms with Crippen LogP contribution in [0.2, 0.25) is 0 Å². The molecule has 0 saturated carbocycles. The highest BCUT2D eigenvalue weighted by atomic mass is 16.5. The van der Waals surface area contributed by atoms with Crippen molar-refractivity contribution < 1.29 is 9.84 Å². The summed E-state index contributed by atoms with van der Waals surface area (Å²) < 4.78 is 4.99. The predicted octanol–water partition coefficient (Wildman–Crippen LogP) is 0.542. The Morgan fingerprint density at radius 2 is 2.17 bits per heavy atom. The molecule has 3 heteroatoms. The first-order chi connectivity index (χ1) is 5.65. The first kappa shape index (κ1) is 9.14. The normalized spacial score (nSPS) is 12.6. The van der Waals surface area contributed by atoms with Crippen molar-refractivity contribution in [2.24, 2.45) is 0 Å². The predicted molar refractivity (Wildman–Crippen MR) is 49.0 cm³/mol. The second kappa shape index (κ2) is 3.63. The highest BCUT2D eigenvalue weighted by Crippen LogP contribution is 2.15. The fraction of sp³-hybridized carbons (Fsp3) is 0.333. The molecule has 0 amide bonds. The summed E-state index contributed by atoms with van der Waals surface area (Å²) in [5, 5.41) is 9.29. The third kappa shape index (κ3) is 1.80. The third-order valence-corrected chi connectivity index (χ3v) is 1.74. The van der Waals surface area contributed by atoms with Crippen molar-refractivity contribution in [3.63, 3.8) is 0 Å². The van der Waals surface area contributed by atoms with Gasteiger partial charge in [0.25, 0.3) is 0 Å². The standard InChI is InChI=1S/C9H11BO2/c1-6(11)8-5-7(12-2)3-4-9(8)10/h3-6,11H,1-2H3. The van der Waals surface area contributed by atoms with Crippen molar-refractivity contribution in [1.29, 1.82) is 0 Å². The molecular weight excluding hydrogens is 151 g/mol. The minimum atomic E-state index is -0.555. The highest BCUT2D eigenvalue weighted by molar-refractivity contribution is 6.33. The Hall–Kier alpha value is -0.955. The fourth-order valence-corrected chi connectivity index (χ4v) is 1.04. The lowest BCUT2D eigenvalue weighted by Gasteiger charge is -2.10. The Balaban J connectivity index is 3.08. The van der Waals surface area contributed by atoms with E-state index < -0.39 is 6.10 Å². The quantitative estimate of drug-likeness (QED) is 0.643. The minimum absolute atomic E-state index is 0.555. The van der Waals surface area contributed by atoms with E-state index in [-0.39, 0.29) is 0 Å². The van der Waals surface area contributed by atoms with Crippen LogP contribution in [0.4, 0.5) is 0 Å². The second-order valence-electron chi connectivity index (χ2n) is 2.67. The van der Waals surface area contributed by atoms with Gasteiger partial charge in [0.1, 0.15) is 13.6 Å². The van der Waals surface area contributed by atoms with E-state index >= 15 is 0 Å². The van der Waals surface area contributed by atoms with E-state index in [2.05, 4.69) is 0 Å². The zero-order valence-corrected chi connectivity index (χ0v) is 7.24. The molecule has 2 nitrogen and oxygen atoms in total. The zero-order valence-electron chi connectivity index (χ0n) is 7.24. The summed E-state index contributed by atoms with van der Waals surface area (Å²) in [5.74, 6) is 0.708. The van der Waals surface area contributed by atoms with Gasteiger partial charge in [0.2, 0.25) is 0 Å². The second-order valence-corrected chi connectivity index (χ2v) is 2.67. The first-order valence-electron chi connectivity index (χ1n) is 3.76. The van der Waals surface area contributed by atoms with Gasteiger partial charge in [0, 0.05) is 0 Å². The van der Waals surface area contributed by atoms with E-state index in [0.717, 1.165) is 0 Å². The van der Waals surface area contributed by atoms with Crippen LogP contribution in [0, 0.1) is 0 Å². The number of hydrogen-bond donors (Lipinski definition) is 1. The molecule has 0 aliphatic rings. The number of aliphatic hydroxyl groups is 1. The van der Waals surface area contributed by atoms with Crippen molar-refractivity contribution >= 4 is 13.3 Å². The number of methoxy groups -OCH3 is 1. The zero-order chi connectivity index (χ0) is 9.14. The lowest BCUT2D eigenvalue weighted by atomic mass is 9.88. The van der Waals surface area contributed by atoms with E-state index in [0.29, 0.717) is 16.8 Å². The molecule has 0 spiro atoms. The van der Waals surface area contributed by atoms with Crippen molar-refractivity contribution in [1.82, 2.24) is 0 Å². The van der Waals surface area contributed by atoms with Crippen molar-refractivity contribution in [3.05, 3.63) is 23.8 Å². The highest BCUT2D eigenvalue weighted by Gasteiger charge is 2.04. The van der Waals surface area contributed by atoms with Crippen LogP contribution in [-0.2, 0) is 0 Å². The Morgan fingerprint density at radius 1 is 1.50 bits per heavy atom. The summed E-state index contributed by atoms with van der Waals surface area (Å²) in [6.07, 6.45) is -0.555. The topological polar surface area (TPSA) is 29.5 Å². The maximum Gasteiger partial charge on any atom is 0.119 e. The van der Waals surface area contributed by atoms with E-state index in [1.54, 1.807) is 32.2 Å². The minimum Gasteiger partial charge on any atom is -0.497 e. The van der Waals surface area contributed by atoms with Crippen LogP contribution in [0.3, 0.4) is 0 Å². The Morgan fingerprint density at radius 3 is 2.67 bits per heavy atom. The molecule has 0 fully saturated rings. The molecule has 0 bridgehead atoms. The Kier molecular flexibility index (Phi) is 2.76. The van der Waals surface area contributed by atoms with Gasteiger partial charge in [-0.05, 0) is 24.6 Å². The molecule has 12 heavy (non-hydrogen) atoms. The van der Waals surface area contributed by atoms with E-state index in [1.807, 2.05) is 0 Å². The number of benzene rings is 1. The molecule has 1 aromatic rings. The number of aliphatic hydroxyl groups excluding tert-OH is 1. The third-order valence-electron chi connectivity index (χ3n) is 1.74. The van der Waals surface area contributed by atoms with E-state index in [4.69, 9.17) is 12.6 Å². The van der Waals surface area contributed by atoms with Crippen molar-refractivity contribution in [2.75, 3.05) is 7.11 Å². The van der Waals surface area contributed by atoms with Gasteiger partial charge >= 0.3 is 0 Å². The van der Waals surface area contributed by atoms with Crippen LogP contribution in [0.1, 0.15) is 18.6 Å². The molecule has 0 aliphatic heterocycles. The van der Waals surface area contributed by atoms with Crippen molar-refractivity contribution in [2.45, 2.75) is 13.0 Å². The molecule has 1 rings (SSSR count). The van der Waals surface area contributed by atoms with Gasteiger partial charge in [-0.25, -0.2) is 0 Å². The monoisotopic (exact) mass is 162 g/mol. The average Bonchev–Trinajstić information content (AvgIpc) is 2.05. The summed E-state index contributed by atoms with van der Waals surface area (Å²) in [6, 6.07) is 5.22. The molecule has 1 atom stereocenters. The smallest absolute Gasteiger partial charge is 0.119 e.